The quantitative estimate of drug-likeness (QED) is 0.564. The molecule has 0 radical (unpaired) electrons. The third kappa shape index (κ3) is 5.42. The lowest BCUT2D eigenvalue weighted by Crippen LogP contribution is -2.59. The smallest absolute Gasteiger partial charge is 0.318 e. The fourth-order valence-electron chi connectivity index (χ4n) is 3.68. The first-order chi connectivity index (χ1) is 15.2. The maximum atomic E-state index is 13.2. The number of pyridine rings is 1. The Balaban J connectivity index is 1.73. The molecule has 1 saturated heterocycles. The Kier molecular flexibility index (Phi) is 8.14. The van der Waals surface area contributed by atoms with Gasteiger partial charge in [-0.3, -0.25) is 13.8 Å². The third-order valence-electron chi connectivity index (χ3n) is 5.50. The van der Waals surface area contributed by atoms with Gasteiger partial charge in [0.25, 0.3) is 5.91 Å². The minimum absolute atomic E-state index is 0.0190. The van der Waals surface area contributed by atoms with Crippen molar-refractivity contribution in [2.45, 2.75) is 37.8 Å². The standard InChI is InChI=1S/C22H25Cl2N3O4S/c1-4-31-21(28)13-32(30)19-6-5-16(11-18(19)24)22(29)27-10-9-26(14(2)15(27)3)20-12-17(23)7-8-25-20/h5-8,11-12,14-15H,4,9-10,13H2,1-3H3. The molecule has 0 aliphatic carbocycles. The summed E-state index contributed by atoms with van der Waals surface area (Å²) in [7, 11) is -1.65. The van der Waals surface area contributed by atoms with E-state index in [0.717, 1.165) is 5.82 Å². The average Bonchev–Trinajstić information content (AvgIpc) is 2.75. The van der Waals surface area contributed by atoms with E-state index >= 15 is 0 Å². The molecule has 3 rings (SSSR count). The second-order valence-electron chi connectivity index (χ2n) is 7.45. The summed E-state index contributed by atoms with van der Waals surface area (Å²) in [6.07, 6.45) is 1.67. The van der Waals surface area contributed by atoms with Gasteiger partial charge in [0.15, 0.2) is 0 Å². The number of halogens is 2. The molecule has 1 fully saturated rings. The SMILES string of the molecule is CCOC(=O)CS(=O)c1ccc(C(=O)N2CCN(c3cc(Cl)ccn3)C(C)C2C)cc1Cl. The zero-order valence-corrected chi connectivity index (χ0v) is 20.4. The highest BCUT2D eigenvalue weighted by Crippen LogP contribution is 2.27. The van der Waals surface area contributed by atoms with E-state index in [9.17, 15) is 13.8 Å². The van der Waals surface area contributed by atoms with Crippen LogP contribution in [0.3, 0.4) is 0 Å². The van der Waals surface area contributed by atoms with E-state index in [2.05, 4.69) is 9.88 Å². The fraction of sp³-hybridized carbons (Fsp3) is 0.409. The highest BCUT2D eigenvalue weighted by atomic mass is 35.5. The first kappa shape index (κ1) is 24.5. The highest BCUT2D eigenvalue weighted by molar-refractivity contribution is 7.85. The predicted octanol–water partition coefficient (Wildman–Crippen LogP) is 3.80. The largest absolute Gasteiger partial charge is 0.465 e. The molecule has 10 heteroatoms. The molecule has 2 heterocycles. The Morgan fingerprint density at radius 3 is 2.56 bits per heavy atom. The van der Waals surface area contributed by atoms with Crippen LogP contribution in [0.15, 0.2) is 41.4 Å². The van der Waals surface area contributed by atoms with Crippen LogP contribution in [0.2, 0.25) is 10.0 Å². The van der Waals surface area contributed by atoms with Gasteiger partial charge in [0.2, 0.25) is 0 Å². The van der Waals surface area contributed by atoms with Gasteiger partial charge in [-0.1, -0.05) is 23.2 Å². The number of hydrogen-bond donors (Lipinski definition) is 0. The molecule has 32 heavy (non-hydrogen) atoms. The van der Waals surface area contributed by atoms with E-state index in [0.29, 0.717) is 28.6 Å². The molecule has 2 aromatic rings. The number of piperazine rings is 1. The van der Waals surface area contributed by atoms with Crippen LogP contribution in [0.4, 0.5) is 5.82 Å². The molecule has 3 atom stereocenters. The Labute approximate surface area is 200 Å². The van der Waals surface area contributed by atoms with Crippen molar-refractivity contribution >= 4 is 51.7 Å². The van der Waals surface area contributed by atoms with Crippen molar-refractivity contribution in [2.24, 2.45) is 0 Å². The van der Waals surface area contributed by atoms with Gasteiger partial charge < -0.3 is 14.5 Å². The molecule has 1 aromatic carbocycles. The summed E-state index contributed by atoms with van der Waals surface area (Å²) in [4.78, 5) is 33.4. The summed E-state index contributed by atoms with van der Waals surface area (Å²) in [5, 5.41) is 0.796. The van der Waals surface area contributed by atoms with Gasteiger partial charge in [0.1, 0.15) is 11.6 Å². The van der Waals surface area contributed by atoms with Crippen LogP contribution in [-0.4, -0.2) is 63.5 Å². The molecule has 1 aliphatic heterocycles. The molecule has 7 nitrogen and oxygen atoms in total. The second kappa shape index (κ2) is 10.6. The number of esters is 1. The van der Waals surface area contributed by atoms with Crippen LogP contribution >= 0.6 is 23.2 Å². The molecule has 0 saturated carbocycles. The first-order valence-corrected chi connectivity index (χ1v) is 12.3. The Morgan fingerprint density at radius 2 is 1.91 bits per heavy atom. The molecule has 3 unspecified atom stereocenters. The van der Waals surface area contributed by atoms with E-state index in [-0.39, 0.29) is 35.4 Å². The number of nitrogens with zero attached hydrogens (tertiary/aromatic N) is 3. The number of hydrogen-bond acceptors (Lipinski definition) is 6. The summed E-state index contributed by atoms with van der Waals surface area (Å²) >= 11 is 12.4. The molecular formula is C22H25Cl2N3O4S. The molecule has 0 spiro atoms. The van der Waals surface area contributed by atoms with Crippen molar-refractivity contribution in [1.82, 2.24) is 9.88 Å². The lowest BCUT2D eigenvalue weighted by atomic mass is 10.0. The van der Waals surface area contributed by atoms with Gasteiger partial charge in [0.05, 0.1) is 27.3 Å². The van der Waals surface area contributed by atoms with Gasteiger partial charge in [-0.15, -0.1) is 0 Å². The normalized spacial score (nSPS) is 19.5. The van der Waals surface area contributed by atoms with Crippen molar-refractivity contribution in [3.8, 4) is 0 Å². The van der Waals surface area contributed by atoms with Crippen LogP contribution < -0.4 is 4.90 Å². The molecule has 0 bridgehead atoms. The number of rotatable bonds is 6. The molecule has 1 aromatic heterocycles. The maximum absolute atomic E-state index is 13.2. The highest BCUT2D eigenvalue weighted by Gasteiger charge is 2.34. The minimum Gasteiger partial charge on any atom is -0.465 e. The molecule has 0 N–H and O–H groups in total. The van der Waals surface area contributed by atoms with Crippen LogP contribution in [0.1, 0.15) is 31.1 Å². The fourth-order valence-corrected chi connectivity index (χ4v) is 5.22. The number of ether oxygens (including phenoxy) is 1. The van der Waals surface area contributed by atoms with Crippen molar-refractivity contribution < 1.29 is 18.5 Å². The number of benzene rings is 1. The van der Waals surface area contributed by atoms with E-state index in [1.54, 1.807) is 30.2 Å². The van der Waals surface area contributed by atoms with E-state index in [1.807, 2.05) is 19.9 Å². The number of amides is 1. The number of carbonyl (C=O) groups excluding carboxylic acids is 2. The summed E-state index contributed by atoms with van der Waals surface area (Å²) < 4.78 is 17.3. The molecule has 1 amide bonds. The van der Waals surface area contributed by atoms with Crippen LogP contribution in [0.5, 0.6) is 0 Å². The van der Waals surface area contributed by atoms with Crippen molar-refractivity contribution in [3.63, 3.8) is 0 Å². The van der Waals surface area contributed by atoms with Crippen molar-refractivity contribution in [3.05, 3.63) is 52.1 Å². The average molecular weight is 498 g/mol. The van der Waals surface area contributed by atoms with E-state index in [1.165, 1.54) is 12.1 Å². The number of carbonyl (C=O) groups is 2. The van der Waals surface area contributed by atoms with E-state index in [4.69, 9.17) is 27.9 Å². The first-order valence-electron chi connectivity index (χ1n) is 10.3. The summed E-state index contributed by atoms with van der Waals surface area (Å²) in [5.74, 6) is -0.223. The predicted molar refractivity (Wildman–Crippen MR) is 126 cm³/mol. The topological polar surface area (TPSA) is 79.8 Å². The van der Waals surface area contributed by atoms with Gasteiger partial charge in [0, 0.05) is 42.0 Å². The molecule has 172 valence electrons. The number of aromatic nitrogens is 1. The molecular weight excluding hydrogens is 473 g/mol. The lowest BCUT2D eigenvalue weighted by molar-refractivity contribution is -0.139. The lowest BCUT2D eigenvalue weighted by Gasteiger charge is -2.45. The summed E-state index contributed by atoms with van der Waals surface area (Å²) in [6.45, 7) is 7.05. The minimum atomic E-state index is -1.65. The van der Waals surface area contributed by atoms with Crippen LogP contribution in [0, 0.1) is 0 Å². The van der Waals surface area contributed by atoms with Gasteiger partial charge in [-0.25, -0.2) is 4.98 Å². The second-order valence-corrected chi connectivity index (χ2v) is 9.71. The van der Waals surface area contributed by atoms with Crippen LogP contribution in [-0.2, 0) is 20.3 Å². The zero-order chi connectivity index (χ0) is 23.4. The van der Waals surface area contributed by atoms with Gasteiger partial charge in [-0.2, -0.15) is 0 Å². The van der Waals surface area contributed by atoms with Gasteiger partial charge >= 0.3 is 5.97 Å². The van der Waals surface area contributed by atoms with Crippen LogP contribution in [0.25, 0.3) is 0 Å². The van der Waals surface area contributed by atoms with Crippen molar-refractivity contribution in [1.29, 1.82) is 0 Å². The Bertz CT molecular complexity index is 1040. The zero-order valence-electron chi connectivity index (χ0n) is 18.1. The molecule has 1 aliphatic rings. The third-order valence-corrected chi connectivity index (χ3v) is 7.51. The summed E-state index contributed by atoms with van der Waals surface area (Å²) in [6, 6.07) is 8.10. The monoisotopic (exact) mass is 497 g/mol. The number of anilines is 1. The Hall–Kier alpha value is -2.16. The Morgan fingerprint density at radius 1 is 1.16 bits per heavy atom. The van der Waals surface area contributed by atoms with Crippen molar-refractivity contribution in [2.75, 3.05) is 30.3 Å². The van der Waals surface area contributed by atoms with Gasteiger partial charge in [-0.05, 0) is 51.1 Å². The maximum Gasteiger partial charge on any atom is 0.318 e. The summed E-state index contributed by atoms with van der Waals surface area (Å²) in [5.41, 5.74) is 0.403. The van der Waals surface area contributed by atoms with E-state index < -0.39 is 16.8 Å².